The minimum Gasteiger partial charge on any atom is -0.504 e. The average molecular weight is 261 g/mol. The van der Waals surface area contributed by atoms with E-state index in [1.807, 2.05) is 24.3 Å². The minimum atomic E-state index is 0.161. The van der Waals surface area contributed by atoms with Crippen molar-refractivity contribution in [1.29, 1.82) is 0 Å². The molecule has 1 heterocycles. The van der Waals surface area contributed by atoms with Crippen molar-refractivity contribution in [3.8, 4) is 11.5 Å². The molecule has 0 spiro atoms. The summed E-state index contributed by atoms with van der Waals surface area (Å²) < 4.78 is 10.4. The van der Waals surface area contributed by atoms with Gasteiger partial charge in [-0.1, -0.05) is 6.07 Å². The Labute approximate surface area is 113 Å². The maximum atomic E-state index is 9.56. The fourth-order valence-electron chi connectivity index (χ4n) is 1.95. The monoisotopic (exact) mass is 261 g/mol. The molecule has 0 aliphatic rings. The topological polar surface area (TPSA) is 54.6 Å². The first-order chi connectivity index (χ1) is 9.20. The van der Waals surface area contributed by atoms with Gasteiger partial charge in [0, 0.05) is 19.0 Å². The van der Waals surface area contributed by atoms with Crippen molar-refractivity contribution in [1.82, 2.24) is 5.32 Å². The minimum absolute atomic E-state index is 0.161. The van der Waals surface area contributed by atoms with Crippen molar-refractivity contribution in [3.05, 3.63) is 47.9 Å². The van der Waals surface area contributed by atoms with E-state index in [1.165, 1.54) is 0 Å². The van der Waals surface area contributed by atoms with Crippen LogP contribution in [-0.4, -0.2) is 18.8 Å². The molecule has 0 aliphatic carbocycles. The zero-order valence-electron chi connectivity index (χ0n) is 11.2. The van der Waals surface area contributed by atoms with Crippen molar-refractivity contribution in [2.24, 2.45) is 0 Å². The summed E-state index contributed by atoms with van der Waals surface area (Å²) in [6, 6.07) is 9.44. The molecule has 4 nitrogen and oxygen atoms in total. The van der Waals surface area contributed by atoms with E-state index in [9.17, 15) is 5.11 Å². The second-order valence-electron chi connectivity index (χ2n) is 4.44. The Morgan fingerprint density at radius 2 is 2.21 bits per heavy atom. The highest BCUT2D eigenvalue weighted by molar-refractivity contribution is 5.42. The zero-order chi connectivity index (χ0) is 13.7. The van der Waals surface area contributed by atoms with Crippen LogP contribution >= 0.6 is 0 Å². The number of rotatable bonds is 6. The number of aromatic hydroxyl groups is 1. The molecule has 2 N–H and O–H groups in total. The van der Waals surface area contributed by atoms with E-state index >= 15 is 0 Å². The van der Waals surface area contributed by atoms with E-state index in [1.54, 1.807) is 19.4 Å². The SMILES string of the molecule is COc1cc(C(C)NCCc2ccco2)ccc1O. The number of phenolic OH excluding ortho intramolecular Hbond substituents is 1. The summed E-state index contributed by atoms with van der Waals surface area (Å²) >= 11 is 0. The Bertz CT molecular complexity index is 508. The largest absolute Gasteiger partial charge is 0.504 e. The van der Waals surface area contributed by atoms with E-state index in [4.69, 9.17) is 9.15 Å². The summed E-state index contributed by atoms with van der Waals surface area (Å²) in [7, 11) is 1.55. The van der Waals surface area contributed by atoms with Crippen LogP contribution in [0.5, 0.6) is 11.5 Å². The van der Waals surface area contributed by atoms with Crippen molar-refractivity contribution >= 4 is 0 Å². The molecule has 0 fully saturated rings. The number of phenols is 1. The Morgan fingerprint density at radius 3 is 2.89 bits per heavy atom. The zero-order valence-corrected chi connectivity index (χ0v) is 11.2. The molecule has 102 valence electrons. The third kappa shape index (κ3) is 3.51. The summed E-state index contributed by atoms with van der Waals surface area (Å²) in [6.45, 7) is 2.91. The van der Waals surface area contributed by atoms with Gasteiger partial charge in [-0.2, -0.15) is 0 Å². The van der Waals surface area contributed by atoms with Crippen LogP contribution in [0.3, 0.4) is 0 Å². The van der Waals surface area contributed by atoms with Crippen LogP contribution in [-0.2, 0) is 6.42 Å². The highest BCUT2D eigenvalue weighted by Crippen LogP contribution is 2.28. The lowest BCUT2D eigenvalue weighted by Crippen LogP contribution is -2.21. The van der Waals surface area contributed by atoms with Gasteiger partial charge in [0.05, 0.1) is 13.4 Å². The predicted molar refractivity (Wildman–Crippen MR) is 73.5 cm³/mol. The molecule has 1 aromatic heterocycles. The Morgan fingerprint density at radius 1 is 1.37 bits per heavy atom. The number of nitrogens with one attached hydrogen (secondary N) is 1. The van der Waals surface area contributed by atoms with E-state index in [-0.39, 0.29) is 11.8 Å². The van der Waals surface area contributed by atoms with Crippen LogP contribution in [0.2, 0.25) is 0 Å². The van der Waals surface area contributed by atoms with Crippen LogP contribution < -0.4 is 10.1 Å². The quantitative estimate of drug-likeness (QED) is 0.839. The molecule has 2 rings (SSSR count). The molecule has 0 radical (unpaired) electrons. The third-order valence-corrected chi connectivity index (χ3v) is 3.11. The summed E-state index contributed by atoms with van der Waals surface area (Å²) in [4.78, 5) is 0. The van der Waals surface area contributed by atoms with Crippen LogP contribution in [0.4, 0.5) is 0 Å². The molecule has 1 aromatic carbocycles. The predicted octanol–water partition coefficient (Wildman–Crippen LogP) is 2.89. The lowest BCUT2D eigenvalue weighted by molar-refractivity contribution is 0.372. The molecule has 0 saturated carbocycles. The maximum absolute atomic E-state index is 9.56. The fraction of sp³-hybridized carbons (Fsp3) is 0.333. The van der Waals surface area contributed by atoms with Gasteiger partial charge in [0.1, 0.15) is 5.76 Å². The molecule has 1 atom stereocenters. The van der Waals surface area contributed by atoms with Gasteiger partial charge in [-0.25, -0.2) is 0 Å². The van der Waals surface area contributed by atoms with Gasteiger partial charge in [0.15, 0.2) is 11.5 Å². The van der Waals surface area contributed by atoms with E-state index in [0.717, 1.165) is 24.3 Å². The number of ether oxygens (including phenoxy) is 1. The smallest absolute Gasteiger partial charge is 0.160 e. The van der Waals surface area contributed by atoms with Crippen molar-refractivity contribution in [2.75, 3.05) is 13.7 Å². The van der Waals surface area contributed by atoms with E-state index in [0.29, 0.717) is 5.75 Å². The molecule has 0 saturated heterocycles. The highest BCUT2D eigenvalue weighted by Gasteiger charge is 2.09. The molecule has 4 heteroatoms. The lowest BCUT2D eigenvalue weighted by atomic mass is 10.1. The third-order valence-electron chi connectivity index (χ3n) is 3.11. The molecular weight excluding hydrogens is 242 g/mol. The van der Waals surface area contributed by atoms with Crippen molar-refractivity contribution in [3.63, 3.8) is 0 Å². The summed E-state index contributed by atoms with van der Waals surface area (Å²) in [5, 5.41) is 13.0. The number of furan rings is 1. The first kappa shape index (κ1) is 13.5. The number of methoxy groups -OCH3 is 1. The Kier molecular flexibility index (Phi) is 4.47. The van der Waals surface area contributed by atoms with Crippen molar-refractivity contribution in [2.45, 2.75) is 19.4 Å². The second kappa shape index (κ2) is 6.29. The van der Waals surface area contributed by atoms with Gasteiger partial charge in [0.25, 0.3) is 0 Å². The molecule has 19 heavy (non-hydrogen) atoms. The lowest BCUT2D eigenvalue weighted by Gasteiger charge is -2.15. The van der Waals surface area contributed by atoms with Crippen molar-refractivity contribution < 1.29 is 14.3 Å². The Balaban J connectivity index is 1.90. The molecule has 0 aliphatic heterocycles. The molecule has 2 aromatic rings. The average Bonchev–Trinajstić information content (AvgIpc) is 2.92. The molecule has 0 amide bonds. The van der Waals surface area contributed by atoms with Gasteiger partial charge in [0.2, 0.25) is 0 Å². The first-order valence-electron chi connectivity index (χ1n) is 6.33. The summed E-state index contributed by atoms with van der Waals surface area (Å²) in [6.07, 6.45) is 2.54. The highest BCUT2D eigenvalue weighted by atomic mass is 16.5. The van der Waals surface area contributed by atoms with Gasteiger partial charge < -0.3 is 19.6 Å². The van der Waals surface area contributed by atoms with Gasteiger partial charge >= 0.3 is 0 Å². The van der Waals surface area contributed by atoms with Gasteiger partial charge in [-0.15, -0.1) is 0 Å². The normalized spacial score (nSPS) is 12.3. The van der Waals surface area contributed by atoms with Crippen LogP contribution in [0.15, 0.2) is 41.0 Å². The van der Waals surface area contributed by atoms with Crippen LogP contribution in [0.25, 0.3) is 0 Å². The second-order valence-corrected chi connectivity index (χ2v) is 4.44. The van der Waals surface area contributed by atoms with E-state index < -0.39 is 0 Å². The number of hydrogen-bond donors (Lipinski definition) is 2. The standard InChI is InChI=1S/C15H19NO3/c1-11(16-8-7-13-4-3-9-19-13)12-5-6-14(17)15(10-12)18-2/h3-6,9-11,16-17H,7-8H2,1-2H3. The number of hydrogen-bond acceptors (Lipinski definition) is 4. The van der Waals surface area contributed by atoms with E-state index in [2.05, 4.69) is 12.2 Å². The maximum Gasteiger partial charge on any atom is 0.160 e. The molecule has 1 unspecified atom stereocenters. The van der Waals surface area contributed by atoms with Gasteiger partial charge in [-0.3, -0.25) is 0 Å². The van der Waals surface area contributed by atoms with Gasteiger partial charge in [-0.05, 0) is 36.8 Å². The number of benzene rings is 1. The summed E-state index contributed by atoms with van der Waals surface area (Å²) in [5.74, 6) is 1.63. The molecular formula is C15H19NO3. The first-order valence-corrected chi connectivity index (χ1v) is 6.33. The van der Waals surface area contributed by atoms with Crippen LogP contribution in [0.1, 0.15) is 24.3 Å². The fourth-order valence-corrected chi connectivity index (χ4v) is 1.95. The Hall–Kier alpha value is -1.94. The van der Waals surface area contributed by atoms with Crippen LogP contribution in [0, 0.1) is 0 Å². The molecule has 0 bridgehead atoms. The summed E-state index contributed by atoms with van der Waals surface area (Å²) in [5.41, 5.74) is 1.08.